The molecule has 3 rings (SSSR count). The van der Waals surface area contributed by atoms with Crippen LogP contribution in [-0.4, -0.2) is 17.0 Å². The van der Waals surface area contributed by atoms with Gasteiger partial charge in [-0.2, -0.15) is 0 Å². The van der Waals surface area contributed by atoms with Gasteiger partial charge in [0.15, 0.2) is 5.78 Å². The highest BCUT2D eigenvalue weighted by Gasteiger charge is 2.39. The molecule has 3 atom stereocenters. The molecule has 0 saturated carbocycles. The molecule has 1 N–H and O–H groups in total. The Balaban J connectivity index is 1.76. The summed E-state index contributed by atoms with van der Waals surface area (Å²) in [5.74, 6) is -0.229. The maximum absolute atomic E-state index is 13.1. The highest BCUT2D eigenvalue weighted by atomic mass is 32.2. The number of ketones is 1. The van der Waals surface area contributed by atoms with E-state index in [2.05, 4.69) is 32.1 Å². The average Bonchev–Trinajstić information content (AvgIpc) is 3.02. The predicted molar refractivity (Wildman–Crippen MR) is 118 cm³/mol. The van der Waals surface area contributed by atoms with Crippen molar-refractivity contribution >= 4 is 23.6 Å². The van der Waals surface area contributed by atoms with Crippen molar-refractivity contribution < 1.29 is 9.90 Å². The van der Waals surface area contributed by atoms with Crippen LogP contribution in [0.15, 0.2) is 76.5 Å². The zero-order valence-corrected chi connectivity index (χ0v) is 17.4. The van der Waals surface area contributed by atoms with Crippen LogP contribution in [0.3, 0.4) is 0 Å². The highest BCUT2D eigenvalue weighted by molar-refractivity contribution is 8.04. The monoisotopic (exact) mass is 392 g/mol. The van der Waals surface area contributed by atoms with Crippen LogP contribution < -0.4 is 0 Å². The molecule has 0 heterocycles. The maximum Gasteiger partial charge on any atom is 0.175 e. The smallest absolute Gasteiger partial charge is 0.175 e. The minimum absolute atomic E-state index is 0.0666. The van der Waals surface area contributed by atoms with Gasteiger partial charge in [0.25, 0.3) is 0 Å². The molecule has 0 spiro atoms. The Morgan fingerprint density at radius 1 is 1.11 bits per heavy atom. The number of benzene rings is 2. The van der Waals surface area contributed by atoms with E-state index in [1.54, 1.807) is 6.08 Å². The van der Waals surface area contributed by atoms with Gasteiger partial charge in [-0.3, -0.25) is 4.79 Å². The number of thioether (sulfide) groups is 1. The molecule has 28 heavy (non-hydrogen) atoms. The summed E-state index contributed by atoms with van der Waals surface area (Å²) in [6, 6.07) is 18.1. The van der Waals surface area contributed by atoms with E-state index < -0.39 is 6.10 Å². The van der Waals surface area contributed by atoms with Crippen LogP contribution in [0.1, 0.15) is 37.3 Å². The van der Waals surface area contributed by atoms with Crippen LogP contribution in [0.2, 0.25) is 0 Å². The van der Waals surface area contributed by atoms with E-state index in [0.29, 0.717) is 0 Å². The zero-order valence-electron chi connectivity index (χ0n) is 16.5. The van der Waals surface area contributed by atoms with Crippen molar-refractivity contribution in [3.05, 3.63) is 82.8 Å². The molecule has 0 saturated heterocycles. The van der Waals surface area contributed by atoms with Gasteiger partial charge in [-0.15, -0.1) is 0 Å². The molecule has 0 radical (unpaired) electrons. The number of rotatable bonds is 8. The predicted octanol–water partition coefficient (Wildman–Crippen LogP) is 6.05. The normalized spacial score (nSPS) is 20.5. The van der Waals surface area contributed by atoms with Crippen molar-refractivity contribution in [1.82, 2.24) is 0 Å². The molecule has 3 unspecified atom stereocenters. The van der Waals surface area contributed by atoms with Crippen LogP contribution in [0.4, 0.5) is 0 Å². The summed E-state index contributed by atoms with van der Waals surface area (Å²) < 4.78 is 0. The molecule has 3 heteroatoms. The van der Waals surface area contributed by atoms with Crippen molar-refractivity contribution in [2.24, 2.45) is 11.8 Å². The van der Waals surface area contributed by atoms with Crippen molar-refractivity contribution in [1.29, 1.82) is 0 Å². The third kappa shape index (κ3) is 5.24. The summed E-state index contributed by atoms with van der Waals surface area (Å²) in [5.41, 5.74) is 2.23. The third-order valence-electron chi connectivity index (χ3n) is 5.17. The summed E-state index contributed by atoms with van der Waals surface area (Å²) in [7, 11) is 0. The Morgan fingerprint density at radius 2 is 1.82 bits per heavy atom. The van der Waals surface area contributed by atoms with Gasteiger partial charge in [0.1, 0.15) is 0 Å². The second-order valence-corrected chi connectivity index (χ2v) is 8.52. The van der Waals surface area contributed by atoms with E-state index in [0.717, 1.165) is 34.6 Å². The number of aliphatic hydroxyl groups is 1. The van der Waals surface area contributed by atoms with Crippen LogP contribution in [-0.2, 0) is 4.79 Å². The fourth-order valence-corrected chi connectivity index (χ4v) is 4.57. The molecule has 2 aromatic rings. The first kappa shape index (κ1) is 20.6. The quantitative estimate of drug-likeness (QED) is 0.594. The minimum Gasteiger partial charge on any atom is -0.388 e. The van der Waals surface area contributed by atoms with Crippen molar-refractivity contribution in [2.75, 3.05) is 0 Å². The molecule has 0 bridgehead atoms. The first-order chi connectivity index (χ1) is 13.6. The van der Waals surface area contributed by atoms with Gasteiger partial charge in [-0.05, 0) is 37.0 Å². The largest absolute Gasteiger partial charge is 0.388 e. The van der Waals surface area contributed by atoms with E-state index in [4.69, 9.17) is 0 Å². The topological polar surface area (TPSA) is 37.3 Å². The number of hydrogen-bond acceptors (Lipinski definition) is 3. The summed E-state index contributed by atoms with van der Waals surface area (Å²) in [6.07, 6.45) is 8.06. The Hall–Kier alpha value is -2.10. The van der Waals surface area contributed by atoms with Gasteiger partial charge in [0, 0.05) is 4.90 Å². The summed E-state index contributed by atoms with van der Waals surface area (Å²) in [4.78, 5) is 15.0. The van der Waals surface area contributed by atoms with Crippen LogP contribution in [0.5, 0.6) is 0 Å². The van der Waals surface area contributed by atoms with E-state index in [-0.39, 0.29) is 17.6 Å². The first-order valence-corrected chi connectivity index (χ1v) is 10.8. The first-order valence-electron chi connectivity index (χ1n) is 10.0. The van der Waals surface area contributed by atoms with Gasteiger partial charge < -0.3 is 5.11 Å². The van der Waals surface area contributed by atoms with E-state index in [1.807, 2.05) is 48.5 Å². The lowest BCUT2D eigenvalue weighted by molar-refractivity contribution is -0.121. The number of unbranched alkanes of at least 4 members (excludes halogenated alkanes) is 1. The van der Waals surface area contributed by atoms with E-state index in [9.17, 15) is 9.90 Å². The Kier molecular flexibility index (Phi) is 7.30. The van der Waals surface area contributed by atoms with Crippen LogP contribution >= 0.6 is 11.8 Å². The molecule has 2 aromatic carbocycles. The summed E-state index contributed by atoms with van der Waals surface area (Å²) >= 11 is 1.52. The van der Waals surface area contributed by atoms with Gasteiger partial charge in [-0.1, -0.05) is 97.8 Å². The van der Waals surface area contributed by atoms with Crippen LogP contribution in [0, 0.1) is 18.8 Å². The Morgan fingerprint density at radius 3 is 2.50 bits per heavy atom. The molecule has 146 valence electrons. The second kappa shape index (κ2) is 9.90. The van der Waals surface area contributed by atoms with Crippen molar-refractivity contribution in [2.45, 2.75) is 44.1 Å². The summed E-state index contributed by atoms with van der Waals surface area (Å²) in [6.45, 7) is 4.21. The molecule has 0 amide bonds. The molecule has 1 aliphatic carbocycles. The lowest BCUT2D eigenvalue weighted by atomic mass is 9.85. The number of aliphatic hydroxyl groups excluding tert-OH is 1. The summed E-state index contributed by atoms with van der Waals surface area (Å²) in [5, 5.41) is 10.8. The Bertz CT molecular complexity index is 837. The van der Waals surface area contributed by atoms with Gasteiger partial charge in [0.2, 0.25) is 0 Å². The van der Waals surface area contributed by atoms with E-state index >= 15 is 0 Å². The van der Waals surface area contributed by atoms with Crippen LogP contribution in [0.25, 0.3) is 6.08 Å². The number of carbonyl (C=O) groups is 1. The number of carbonyl (C=O) groups excluding carboxylic acids is 1. The average molecular weight is 393 g/mol. The SMILES string of the molecule is CCCCC1C=C(Sc2ccc(C)cc2)C(=O)C1C(O)/C=C/c1ccccc1. The number of hydrogen-bond donors (Lipinski definition) is 1. The number of Topliss-reactive ketones (excluding diaryl/α,β-unsaturated/α-hetero) is 1. The van der Waals surface area contributed by atoms with Gasteiger partial charge in [-0.25, -0.2) is 0 Å². The fraction of sp³-hybridized carbons (Fsp3) is 0.320. The van der Waals surface area contributed by atoms with Gasteiger partial charge in [0.05, 0.1) is 16.9 Å². The zero-order chi connectivity index (χ0) is 19.9. The molecule has 2 nitrogen and oxygen atoms in total. The van der Waals surface area contributed by atoms with Crippen molar-refractivity contribution in [3.63, 3.8) is 0 Å². The number of aryl methyl sites for hydroxylation is 1. The number of allylic oxidation sites excluding steroid dienone is 2. The fourth-order valence-electron chi connectivity index (χ4n) is 3.56. The minimum atomic E-state index is -0.776. The highest BCUT2D eigenvalue weighted by Crippen LogP contribution is 2.41. The lowest BCUT2D eigenvalue weighted by Gasteiger charge is -2.21. The molecule has 0 fully saturated rings. The Labute approximate surface area is 172 Å². The molecular formula is C25H28O2S. The third-order valence-corrected chi connectivity index (χ3v) is 6.23. The second-order valence-electron chi connectivity index (χ2n) is 7.40. The molecular weight excluding hydrogens is 364 g/mol. The standard InChI is InChI=1S/C25H28O2S/c1-3-4-10-20-17-23(28-21-14-11-18(2)12-15-21)25(27)24(20)22(26)16-13-19-8-6-5-7-9-19/h5-9,11-17,20,22,24,26H,3-4,10H2,1-2H3/b16-13+. The lowest BCUT2D eigenvalue weighted by Crippen LogP contribution is -2.29. The maximum atomic E-state index is 13.1. The van der Waals surface area contributed by atoms with E-state index in [1.165, 1.54) is 17.3 Å². The molecule has 1 aliphatic rings. The molecule has 0 aromatic heterocycles. The molecule has 0 aliphatic heterocycles. The van der Waals surface area contributed by atoms with Crippen molar-refractivity contribution in [3.8, 4) is 0 Å². The van der Waals surface area contributed by atoms with Gasteiger partial charge >= 0.3 is 0 Å².